The number of hydrogen-bond acceptors (Lipinski definition) is 5. The van der Waals surface area contributed by atoms with Crippen molar-refractivity contribution < 1.29 is 29.6 Å². The number of carbonyl (C=O) groups is 2. The van der Waals surface area contributed by atoms with Gasteiger partial charge in [0.25, 0.3) is 0 Å². The fourth-order valence-corrected chi connectivity index (χ4v) is 3.49. The van der Waals surface area contributed by atoms with Crippen LogP contribution in [0.4, 0.5) is 0 Å². The highest BCUT2D eigenvalue weighted by Crippen LogP contribution is 2.47. The first kappa shape index (κ1) is 19.8. The van der Waals surface area contributed by atoms with Crippen molar-refractivity contribution in [3.63, 3.8) is 0 Å². The number of hydrogen-bond donors (Lipinski definition) is 4. The third-order valence-electron chi connectivity index (χ3n) is 4.73. The Bertz CT molecular complexity index is 756. The summed E-state index contributed by atoms with van der Waals surface area (Å²) < 4.78 is 5.69. The number of rotatable bonds is 6. The number of nitrogens with two attached hydrogens (primary N) is 1. The van der Waals surface area contributed by atoms with Gasteiger partial charge in [0.2, 0.25) is 0 Å². The molecular weight excluding hydrogens is 338 g/mol. The average molecular weight is 363 g/mol. The molecule has 2 rings (SSSR count). The van der Waals surface area contributed by atoms with Gasteiger partial charge in [0.1, 0.15) is 11.2 Å². The molecule has 1 aromatic rings. The van der Waals surface area contributed by atoms with Crippen molar-refractivity contribution in [2.24, 2.45) is 11.1 Å². The average Bonchev–Trinajstić information content (AvgIpc) is 2.53. The number of ether oxygens (including phenoxy) is 1. The lowest BCUT2D eigenvalue weighted by Gasteiger charge is -2.39. The van der Waals surface area contributed by atoms with Crippen LogP contribution >= 0.6 is 0 Å². The van der Waals surface area contributed by atoms with Crippen LogP contribution in [0.2, 0.25) is 0 Å². The Morgan fingerprint density at radius 3 is 2.42 bits per heavy atom. The molecule has 26 heavy (non-hydrogen) atoms. The molecule has 7 nitrogen and oxygen atoms in total. The van der Waals surface area contributed by atoms with Gasteiger partial charge in [-0.3, -0.25) is 9.59 Å². The number of allylic oxidation sites excluding steroid dienone is 1. The number of benzene rings is 1. The first-order chi connectivity index (χ1) is 12.0. The van der Waals surface area contributed by atoms with Crippen molar-refractivity contribution >= 4 is 11.9 Å². The van der Waals surface area contributed by atoms with Crippen molar-refractivity contribution in [2.45, 2.75) is 51.7 Å². The summed E-state index contributed by atoms with van der Waals surface area (Å²) in [7, 11) is 0. The van der Waals surface area contributed by atoms with Crippen LogP contribution in [0.3, 0.4) is 0 Å². The normalized spacial score (nSPS) is 25.7. The summed E-state index contributed by atoms with van der Waals surface area (Å²) >= 11 is 0. The molecule has 0 saturated carbocycles. The maximum Gasteiger partial charge on any atom is 0.314 e. The topological polar surface area (TPSA) is 130 Å². The minimum atomic E-state index is -1.56. The number of aliphatic carboxylic acids is 2. The predicted octanol–water partition coefficient (Wildman–Crippen LogP) is 2.58. The van der Waals surface area contributed by atoms with Gasteiger partial charge in [0.05, 0.1) is 17.3 Å². The molecule has 7 heteroatoms. The van der Waals surface area contributed by atoms with Crippen LogP contribution in [0.15, 0.2) is 30.0 Å². The fraction of sp³-hybridized carbons (Fsp3) is 0.474. The molecule has 1 aromatic carbocycles. The Morgan fingerprint density at radius 2 is 1.92 bits per heavy atom. The highest BCUT2D eigenvalue weighted by atomic mass is 16.5. The second kappa shape index (κ2) is 6.99. The number of carboxylic acids is 2. The van der Waals surface area contributed by atoms with Crippen molar-refractivity contribution in [3.05, 3.63) is 41.2 Å². The van der Waals surface area contributed by atoms with E-state index in [1.807, 2.05) is 13.8 Å². The standard InChI is InChI=1S/C19H25NO6/c1-11(2)26-15-5-4-13(6-12(15)9-20)19(17(24)25)8-14(21)7-18(3,10-19)16(22)23/h4-7,11,21H,8-10,20H2,1-3H3,(H,22,23)(H,24,25). The van der Waals surface area contributed by atoms with Crippen molar-refractivity contribution in [2.75, 3.05) is 0 Å². The lowest BCUT2D eigenvalue weighted by molar-refractivity contribution is -0.151. The molecule has 2 atom stereocenters. The SMILES string of the molecule is CC(C)Oc1ccc(C2(C(=O)O)CC(O)=CC(C)(C(=O)O)C2)cc1CN. The van der Waals surface area contributed by atoms with Crippen LogP contribution < -0.4 is 10.5 Å². The van der Waals surface area contributed by atoms with E-state index in [0.717, 1.165) is 0 Å². The Morgan fingerprint density at radius 1 is 1.27 bits per heavy atom. The lowest BCUT2D eigenvalue weighted by Crippen LogP contribution is -2.46. The third-order valence-corrected chi connectivity index (χ3v) is 4.73. The summed E-state index contributed by atoms with van der Waals surface area (Å²) in [6.07, 6.45) is 0.788. The van der Waals surface area contributed by atoms with E-state index in [4.69, 9.17) is 10.5 Å². The zero-order valence-electron chi connectivity index (χ0n) is 15.2. The monoisotopic (exact) mass is 363 g/mol. The Hall–Kier alpha value is -2.54. The van der Waals surface area contributed by atoms with Gasteiger partial charge in [-0.1, -0.05) is 6.07 Å². The Labute approximate surface area is 152 Å². The summed E-state index contributed by atoms with van der Waals surface area (Å²) in [6, 6.07) is 4.88. The predicted molar refractivity (Wildman–Crippen MR) is 95.1 cm³/mol. The molecule has 142 valence electrons. The molecule has 0 spiro atoms. The molecular formula is C19H25NO6. The molecule has 5 N–H and O–H groups in total. The van der Waals surface area contributed by atoms with Gasteiger partial charge in [0.15, 0.2) is 0 Å². The minimum absolute atomic E-state index is 0.0726. The van der Waals surface area contributed by atoms with Gasteiger partial charge in [0, 0.05) is 18.5 Å². The minimum Gasteiger partial charge on any atom is -0.513 e. The first-order valence-electron chi connectivity index (χ1n) is 8.41. The smallest absolute Gasteiger partial charge is 0.314 e. The third kappa shape index (κ3) is 3.53. The molecule has 0 bridgehead atoms. The van der Waals surface area contributed by atoms with E-state index in [-0.39, 0.29) is 31.2 Å². The van der Waals surface area contributed by atoms with Crippen molar-refractivity contribution in [1.29, 1.82) is 0 Å². The van der Waals surface area contributed by atoms with Gasteiger partial charge in [-0.2, -0.15) is 0 Å². The molecule has 0 fully saturated rings. The number of carboxylic acid groups (broad SMARTS) is 2. The Kier molecular flexibility index (Phi) is 5.32. The van der Waals surface area contributed by atoms with E-state index < -0.39 is 22.8 Å². The van der Waals surface area contributed by atoms with E-state index in [2.05, 4.69) is 0 Å². The fourth-order valence-electron chi connectivity index (χ4n) is 3.49. The van der Waals surface area contributed by atoms with Gasteiger partial charge >= 0.3 is 11.9 Å². The second-order valence-electron chi connectivity index (χ2n) is 7.29. The molecule has 1 aliphatic rings. The quantitative estimate of drug-likeness (QED) is 0.611. The van der Waals surface area contributed by atoms with Crippen LogP contribution in [0.5, 0.6) is 5.75 Å². The summed E-state index contributed by atoms with van der Waals surface area (Å²) in [5.41, 5.74) is 3.76. The van der Waals surface area contributed by atoms with Crippen LogP contribution in [-0.2, 0) is 21.5 Å². The van der Waals surface area contributed by atoms with Crippen molar-refractivity contribution in [1.82, 2.24) is 0 Å². The van der Waals surface area contributed by atoms with Gasteiger partial charge in [-0.15, -0.1) is 0 Å². The first-order valence-corrected chi connectivity index (χ1v) is 8.41. The van der Waals surface area contributed by atoms with E-state index in [1.54, 1.807) is 18.2 Å². The summed E-state index contributed by atoms with van der Waals surface area (Å²) in [4.78, 5) is 23.9. The van der Waals surface area contributed by atoms with E-state index in [9.17, 15) is 24.9 Å². The van der Waals surface area contributed by atoms with E-state index in [0.29, 0.717) is 16.9 Å². The van der Waals surface area contributed by atoms with Crippen LogP contribution in [0.25, 0.3) is 0 Å². The highest BCUT2D eigenvalue weighted by molar-refractivity contribution is 5.86. The largest absolute Gasteiger partial charge is 0.513 e. The van der Waals surface area contributed by atoms with Crippen LogP contribution in [0.1, 0.15) is 44.7 Å². The lowest BCUT2D eigenvalue weighted by atomic mass is 9.62. The molecule has 1 aliphatic carbocycles. The Balaban J connectivity index is 2.59. The molecule has 0 aliphatic heterocycles. The van der Waals surface area contributed by atoms with E-state index in [1.165, 1.54) is 13.0 Å². The molecule has 0 amide bonds. The van der Waals surface area contributed by atoms with Crippen molar-refractivity contribution in [3.8, 4) is 5.75 Å². The highest BCUT2D eigenvalue weighted by Gasteiger charge is 2.52. The zero-order valence-corrected chi connectivity index (χ0v) is 15.2. The summed E-state index contributed by atoms with van der Waals surface area (Å²) in [5, 5.41) is 29.6. The zero-order chi connectivity index (χ0) is 19.7. The van der Waals surface area contributed by atoms with Gasteiger partial charge in [-0.25, -0.2) is 0 Å². The molecule has 0 saturated heterocycles. The number of aliphatic hydroxyl groups excluding tert-OH is 1. The molecule has 0 radical (unpaired) electrons. The van der Waals surface area contributed by atoms with E-state index >= 15 is 0 Å². The van der Waals surface area contributed by atoms with Crippen LogP contribution in [0, 0.1) is 5.41 Å². The second-order valence-corrected chi connectivity index (χ2v) is 7.29. The molecule has 0 heterocycles. The number of aliphatic hydroxyl groups is 1. The van der Waals surface area contributed by atoms with Crippen LogP contribution in [-0.4, -0.2) is 33.4 Å². The maximum atomic E-state index is 12.2. The molecule has 2 unspecified atom stereocenters. The summed E-state index contributed by atoms with van der Waals surface area (Å²) in [5.74, 6) is -2.07. The maximum absolute atomic E-state index is 12.2. The van der Waals surface area contributed by atoms with Gasteiger partial charge < -0.3 is 25.8 Å². The molecule has 0 aromatic heterocycles. The summed E-state index contributed by atoms with van der Waals surface area (Å²) in [6.45, 7) is 5.29. The van der Waals surface area contributed by atoms with Gasteiger partial charge in [-0.05, 0) is 51.0 Å².